The molecule has 0 bridgehead atoms. The molecule has 1 aromatic heterocycles. The molecular weight excluding hydrogens is 338 g/mol. The number of nitrogens with zero attached hydrogens (tertiary/aromatic N) is 3. The third kappa shape index (κ3) is 3.85. The highest BCUT2D eigenvalue weighted by Gasteiger charge is 2.42. The average molecular weight is 355 g/mol. The minimum absolute atomic E-state index is 0.302. The van der Waals surface area contributed by atoms with Gasteiger partial charge in [-0.2, -0.15) is 0 Å². The number of cyclic esters (lactones) is 2. The number of esters is 2. The van der Waals surface area contributed by atoms with Crippen molar-refractivity contribution in [2.75, 3.05) is 7.11 Å². The van der Waals surface area contributed by atoms with Gasteiger partial charge in [0.05, 0.1) is 7.11 Å². The summed E-state index contributed by atoms with van der Waals surface area (Å²) in [6, 6.07) is 8.79. The van der Waals surface area contributed by atoms with Crippen LogP contribution in [0.3, 0.4) is 0 Å². The summed E-state index contributed by atoms with van der Waals surface area (Å²) in [6.07, 6.45) is 2.71. The molecular formula is C18H17N3O5. The molecule has 0 atom stereocenters. The fourth-order valence-electron chi connectivity index (χ4n) is 2.30. The predicted octanol–water partition coefficient (Wildman–Crippen LogP) is 2.31. The monoisotopic (exact) mass is 355 g/mol. The van der Waals surface area contributed by atoms with Gasteiger partial charge in [-0.1, -0.05) is 0 Å². The number of carbonyl (C=O) groups excluding carboxylic acids is 2. The second kappa shape index (κ2) is 6.91. The standard InChI is InChI=1S/C18H17N3O5/c1-18(2)25-16(22)13(17(23)26-18)10-20-14-8-9-19-15(21-14)11-4-6-12(24-3)7-5-11/h4-10,13H,1-3H3. The van der Waals surface area contributed by atoms with Crippen LogP contribution in [0.1, 0.15) is 13.8 Å². The predicted molar refractivity (Wildman–Crippen MR) is 91.9 cm³/mol. The first-order valence-corrected chi connectivity index (χ1v) is 7.85. The van der Waals surface area contributed by atoms with Crippen LogP contribution >= 0.6 is 0 Å². The third-order valence-electron chi connectivity index (χ3n) is 3.55. The molecule has 2 heterocycles. The number of aromatic nitrogens is 2. The Hall–Kier alpha value is -3.29. The van der Waals surface area contributed by atoms with Gasteiger partial charge in [0.15, 0.2) is 17.6 Å². The summed E-state index contributed by atoms with van der Waals surface area (Å²) in [5.41, 5.74) is 0.779. The largest absolute Gasteiger partial charge is 0.497 e. The molecule has 1 aromatic carbocycles. The van der Waals surface area contributed by atoms with E-state index in [1.54, 1.807) is 31.5 Å². The van der Waals surface area contributed by atoms with Gasteiger partial charge in [0.2, 0.25) is 0 Å². The average Bonchev–Trinajstić information content (AvgIpc) is 2.60. The van der Waals surface area contributed by atoms with Gasteiger partial charge in [0, 0.05) is 37.9 Å². The van der Waals surface area contributed by atoms with Crippen molar-refractivity contribution in [2.24, 2.45) is 10.9 Å². The smallest absolute Gasteiger partial charge is 0.329 e. The molecule has 3 rings (SSSR count). The minimum atomic E-state index is -1.27. The number of ether oxygens (including phenoxy) is 3. The topological polar surface area (TPSA) is 100.0 Å². The molecule has 0 aliphatic carbocycles. The van der Waals surface area contributed by atoms with E-state index >= 15 is 0 Å². The van der Waals surface area contributed by atoms with E-state index in [4.69, 9.17) is 14.2 Å². The zero-order chi connectivity index (χ0) is 18.7. The number of aliphatic imine (C=N–C) groups is 1. The molecule has 1 aliphatic heterocycles. The summed E-state index contributed by atoms with van der Waals surface area (Å²) in [6.45, 7) is 2.98. The van der Waals surface area contributed by atoms with Crippen molar-refractivity contribution in [2.45, 2.75) is 19.6 Å². The van der Waals surface area contributed by atoms with E-state index in [9.17, 15) is 9.59 Å². The molecule has 1 aliphatic rings. The van der Waals surface area contributed by atoms with Crippen LogP contribution in [0.4, 0.5) is 5.82 Å². The molecule has 8 nitrogen and oxygen atoms in total. The zero-order valence-electron chi connectivity index (χ0n) is 14.5. The van der Waals surface area contributed by atoms with Crippen molar-refractivity contribution < 1.29 is 23.8 Å². The Balaban J connectivity index is 1.79. The summed E-state index contributed by atoms with van der Waals surface area (Å²) in [7, 11) is 1.59. The SMILES string of the molecule is COc1ccc(-c2nccc(N=CC3C(=O)OC(C)(C)OC3=O)n2)cc1. The van der Waals surface area contributed by atoms with Gasteiger partial charge in [-0.15, -0.1) is 0 Å². The molecule has 1 fully saturated rings. The van der Waals surface area contributed by atoms with Gasteiger partial charge in [-0.25, -0.2) is 15.0 Å². The molecule has 0 amide bonds. The lowest BCUT2D eigenvalue weighted by atomic mass is 10.1. The van der Waals surface area contributed by atoms with E-state index in [1.165, 1.54) is 20.1 Å². The molecule has 26 heavy (non-hydrogen) atoms. The van der Waals surface area contributed by atoms with Crippen molar-refractivity contribution in [3.8, 4) is 17.1 Å². The first kappa shape index (κ1) is 17.5. The van der Waals surface area contributed by atoms with E-state index in [2.05, 4.69) is 15.0 Å². The quantitative estimate of drug-likeness (QED) is 0.471. The molecule has 0 N–H and O–H groups in total. The first-order valence-electron chi connectivity index (χ1n) is 7.85. The summed E-state index contributed by atoms with van der Waals surface area (Å²) in [5.74, 6) is -2.43. The Morgan fingerprint density at radius 3 is 2.38 bits per heavy atom. The molecule has 1 saturated heterocycles. The highest BCUT2D eigenvalue weighted by atomic mass is 16.7. The second-order valence-corrected chi connectivity index (χ2v) is 5.96. The Kier molecular flexibility index (Phi) is 4.66. The van der Waals surface area contributed by atoms with Gasteiger partial charge in [-0.3, -0.25) is 9.59 Å². The van der Waals surface area contributed by atoms with E-state index in [0.29, 0.717) is 11.6 Å². The van der Waals surface area contributed by atoms with Gasteiger partial charge >= 0.3 is 11.9 Å². The summed E-state index contributed by atoms with van der Waals surface area (Å²) < 4.78 is 15.2. The molecule has 2 aromatic rings. The van der Waals surface area contributed by atoms with Gasteiger partial charge in [0.25, 0.3) is 5.79 Å². The Morgan fingerprint density at radius 2 is 1.77 bits per heavy atom. The molecule has 0 saturated carbocycles. The van der Waals surface area contributed by atoms with Crippen LogP contribution in [0.15, 0.2) is 41.5 Å². The van der Waals surface area contributed by atoms with E-state index < -0.39 is 23.6 Å². The van der Waals surface area contributed by atoms with Crippen LogP contribution in [0.25, 0.3) is 11.4 Å². The van der Waals surface area contributed by atoms with Crippen molar-refractivity contribution in [3.05, 3.63) is 36.5 Å². The Labute approximate surface area is 149 Å². The highest BCUT2D eigenvalue weighted by Crippen LogP contribution is 2.23. The molecule has 0 unspecified atom stereocenters. The number of methoxy groups -OCH3 is 1. The lowest BCUT2D eigenvalue weighted by molar-refractivity contribution is -0.235. The maximum absolute atomic E-state index is 11.9. The van der Waals surface area contributed by atoms with Crippen LogP contribution in [0.2, 0.25) is 0 Å². The first-order chi connectivity index (χ1) is 12.4. The maximum atomic E-state index is 11.9. The number of rotatable bonds is 4. The molecule has 8 heteroatoms. The summed E-state index contributed by atoms with van der Waals surface area (Å²) in [5, 5.41) is 0. The van der Waals surface area contributed by atoms with Crippen molar-refractivity contribution in [3.63, 3.8) is 0 Å². The van der Waals surface area contributed by atoms with Crippen LogP contribution in [0, 0.1) is 5.92 Å². The third-order valence-corrected chi connectivity index (χ3v) is 3.55. The van der Waals surface area contributed by atoms with Crippen LogP contribution in [0.5, 0.6) is 5.75 Å². The molecule has 0 spiro atoms. The Bertz CT molecular complexity index is 841. The van der Waals surface area contributed by atoms with Crippen LogP contribution in [-0.4, -0.2) is 41.0 Å². The molecule has 134 valence electrons. The van der Waals surface area contributed by atoms with Gasteiger partial charge in [0.1, 0.15) is 5.75 Å². The van der Waals surface area contributed by atoms with Crippen molar-refractivity contribution in [1.29, 1.82) is 0 Å². The number of carbonyl (C=O) groups is 2. The van der Waals surface area contributed by atoms with E-state index in [0.717, 1.165) is 11.3 Å². The van der Waals surface area contributed by atoms with Crippen LogP contribution < -0.4 is 4.74 Å². The van der Waals surface area contributed by atoms with Crippen LogP contribution in [-0.2, 0) is 19.1 Å². The number of hydrogen-bond acceptors (Lipinski definition) is 8. The second-order valence-electron chi connectivity index (χ2n) is 5.96. The van der Waals surface area contributed by atoms with Gasteiger partial charge in [-0.05, 0) is 24.3 Å². The van der Waals surface area contributed by atoms with Gasteiger partial charge < -0.3 is 14.2 Å². The fourth-order valence-corrected chi connectivity index (χ4v) is 2.30. The zero-order valence-corrected chi connectivity index (χ0v) is 14.5. The molecule has 0 radical (unpaired) electrons. The Morgan fingerprint density at radius 1 is 1.12 bits per heavy atom. The summed E-state index contributed by atoms with van der Waals surface area (Å²) in [4.78, 5) is 36.5. The van der Waals surface area contributed by atoms with E-state index in [-0.39, 0.29) is 0 Å². The number of benzene rings is 1. The number of hydrogen-bond donors (Lipinski definition) is 0. The normalized spacial score (nSPS) is 17.0. The van der Waals surface area contributed by atoms with Crippen molar-refractivity contribution in [1.82, 2.24) is 9.97 Å². The fraction of sp³-hybridized carbons (Fsp3) is 0.278. The maximum Gasteiger partial charge on any atom is 0.329 e. The lowest BCUT2D eigenvalue weighted by Gasteiger charge is -2.31. The van der Waals surface area contributed by atoms with Crippen molar-refractivity contribution >= 4 is 24.0 Å². The minimum Gasteiger partial charge on any atom is -0.497 e. The highest BCUT2D eigenvalue weighted by molar-refractivity contribution is 6.10. The summed E-state index contributed by atoms with van der Waals surface area (Å²) >= 11 is 0. The van der Waals surface area contributed by atoms with E-state index in [1.807, 2.05) is 12.1 Å². The lowest BCUT2D eigenvalue weighted by Crippen LogP contribution is -2.46.